The second-order valence-corrected chi connectivity index (χ2v) is 8.68. The summed E-state index contributed by atoms with van der Waals surface area (Å²) in [5.74, 6) is 0.830. The molecule has 4 nitrogen and oxygen atoms in total. The molecule has 156 valence electrons. The third-order valence-electron chi connectivity index (χ3n) is 6.61. The molecule has 5 heteroatoms. The van der Waals surface area contributed by atoms with Crippen LogP contribution < -0.4 is 15.2 Å². The highest BCUT2D eigenvalue weighted by molar-refractivity contribution is 5.37. The average molecular weight is 400 g/mol. The summed E-state index contributed by atoms with van der Waals surface area (Å²) in [6, 6.07) is 11.8. The zero-order valence-corrected chi connectivity index (χ0v) is 17.0. The molecule has 0 bridgehead atoms. The van der Waals surface area contributed by atoms with Gasteiger partial charge in [-0.1, -0.05) is 24.3 Å². The fourth-order valence-corrected chi connectivity index (χ4v) is 4.80. The monoisotopic (exact) mass is 399 g/mol. The van der Waals surface area contributed by atoms with E-state index in [-0.39, 0.29) is 18.1 Å². The van der Waals surface area contributed by atoms with Crippen LogP contribution in [0.4, 0.5) is 4.39 Å². The van der Waals surface area contributed by atoms with Gasteiger partial charge in [-0.2, -0.15) is 4.39 Å². The lowest BCUT2D eigenvalue weighted by Crippen LogP contribution is -2.40. The quantitative estimate of drug-likeness (QED) is 0.771. The lowest BCUT2D eigenvalue weighted by atomic mass is 9.82. The number of hydrogen-bond acceptors (Lipinski definition) is 4. The number of hydrogen-bond donors (Lipinski definition) is 2. The van der Waals surface area contributed by atoms with Gasteiger partial charge in [-0.15, -0.1) is 0 Å². The molecule has 2 aliphatic rings. The second-order valence-electron chi connectivity index (χ2n) is 8.68. The summed E-state index contributed by atoms with van der Waals surface area (Å²) in [7, 11) is 1.46. The Morgan fingerprint density at radius 3 is 2.76 bits per heavy atom. The Balaban J connectivity index is 1.38. The van der Waals surface area contributed by atoms with Gasteiger partial charge in [0.25, 0.3) is 0 Å². The van der Waals surface area contributed by atoms with Crippen molar-refractivity contribution in [2.24, 2.45) is 11.7 Å². The lowest BCUT2D eigenvalue weighted by Gasteiger charge is -2.26. The molecule has 2 aliphatic carbocycles. The molecule has 0 radical (unpaired) electrons. The minimum atomic E-state index is -0.439. The Bertz CT molecular complexity index is 871. The van der Waals surface area contributed by atoms with E-state index < -0.39 is 11.4 Å². The number of aliphatic hydroxyl groups excluding tert-OH is 1. The SMILES string of the molecule is COc1cccc(OCC2CCc3cc([C@H]4CC[C@](N)(CO)C4)ccc3C2)c1F. The first-order valence-electron chi connectivity index (χ1n) is 10.5. The van der Waals surface area contributed by atoms with Gasteiger partial charge in [0.05, 0.1) is 20.3 Å². The number of fused-ring (bicyclic) bond motifs is 1. The van der Waals surface area contributed by atoms with Gasteiger partial charge in [-0.05, 0) is 79.2 Å². The molecule has 3 atom stereocenters. The van der Waals surface area contributed by atoms with E-state index in [0.29, 0.717) is 18.4 Å². The Hall–Kier alpha value is -2.11. The van der Waals surface area contributed by atoms with E-state index in [1.165, 1.54) is 23.8 Å². The van der Waals surface area contributed by atoms with E-state index in [1.54, 1.807) is 18.2 Å². The van der Waals surface area contributed by atoms with Crippen molar-refractivity contribution in [1.82, 2.24) is 0 Å². The molecule has 4 rings (SSSR count). The van der Waals surface area contributed by atoms with Crippen LogP contribution in [-0.4, -0.2) is 31.0 Å². The number of benzene rings is 2. The molecule has 0 amide bonds. The highest BCUT2D eigenvalue weighted by Crippen LogP contribution is 2.40. The fourth-order valence-electron chi connectivity index (χ4n) is 4.80. The van der Waals surface area contributed by atoms with Crippen LogP contribution in [0.3, 0.4) is 0 Å². The number of rotatable bonds is 6. The highest BCUT2D eigenvalue weighted by Gasteiger charge is 2.36. The molecule has 1 fully saturated rings. The summed E-state index contributed by atoms with van der Waals surface area (Å²) in [6.45, 7) is 0.560. The summed E-state index contributed by atoms with van der Waals surface area (Å²) >= 11 is 0. The molecule has 0 spiro atoms. The summed E-state index contributed by atoms with van der Waals surface area (Å²) in [5.41, 5.74) is 9.95. The van der Waals surface area contributed by atoms with Crippen molar-refractivity contribution in [1.29, 1.82) is 0 Å². The number of methoxy groups -OCH3 is 1. The van der Waals surface area contributed by atoms with E-state index >= 15 is 0 Å². The van der Waals surface area contributed by atoms with Crippen LogP contribution in [0.25, 0.3) is 0 Å². The van der Waals surface area contributed by atoms with E-state index in [1.807, 2.05) is 0 Å². The molecule has 0 heterocycles. The highest BCUT2D eigenvalue weighted by atomic mass is 19.1. The van der Waals surface area contributed by atoms with Crippen molar-refractivity contribution in [2.45, 2.75) is 50.0 Å². The minimum Gasteiger partial charge on any atom is -0.494 e. The summed E-state index contributed by atoms with van der Waals surface area (Å²) in [5, 5.41) is 9.52. The van der Waals surface area contributed by atoms with E-state index in [2.05, 4.69) is 18.2 Å². The molecule has 1 unspecified atom stereocenters. The number of halogens is 1. The Morgan fingerprint density at radius 1 is 1.17 bits per heavy atom. The van der Waals surface area contributed by atoms with Crippen LogP contribution in [0.2, 0.25) is 0 Å². The molecule has 29 heavy (non-hydrogen) atoms. The van der Waals surface area contributed by atoms with Gasteiger partial charge in [-0.25, -0.2) is 0 Å². The summed E-state index contributed by atoms with van der Waals surface area (Å²) in [4.78, 5) is 0. The van der Waals surface area contributed by atoms with Crippen molar-refractivity contribution in [3.8, 4) is 11.5 Å². The molecule has 0 aromatic heterocycles. The van der Waals surface area contributed by atoms with Gasteiger partial charge in [0.1, 0.15) is 0 Å². The molecular weight excluding hydrogens is 369 g/mol. The molecular formula is C24H30FNO3. The fraction of sp³-hybridized carbons (Fsp3) is 0.500. The Labute approximate surface area is 171 Å². The van der Waals surface area contributed by atoms with Crippen LogP contribution in [0, 0.1) is 11.7 Å². The number of nitrogens with two attached hydrogens (primary N) is 1. The van der Waals surface area contributed by atoms with E-state index in [9.17, 15) is 9.50 Å². The first kappa shape index (κ1) is 20.2. The van der Waals surface area contributed by atoms with E-state index in [0.717, 1.165) is 38.5 Å². The third-order valence-corrected chi connectivity index (χ3v) is 6.61. The molecule has 0 aliphatic heterocycles. The Kier molecular flexibility index (Phi) is 5.79. The van der Waals surface area contributed by atoms with Crippen LogP contribution in [0.5, 0.6) is 11.5 Å². The van der Waals surface area contributed by atoms with Crippen LogP contribution in [0.15, 0.2) is 36.4 Å². The average Bonchev–Trinajstić information content (AvgIpc) is 3.15. The summed E-state index contributed by atoms with van der Waals surface area (Å²) in [6.07, 6.45) is 5.76. The molecule has 2 aromatic rings. The third kappa shape index (κ3) is 4.26. The van der Waals surface area contributed by atoms with Crippen molar-refractivity contribution in [3.05, 3.63) is 58.9 Å². The zero-order chi connectivity index (χ0) is 20.4. The first-order chi connectivity index (χ1) is 14.0. The maximum Gasteiger partial charge on any atom is 0.206 e. The van der Waals surface area contributed by atoms with Gasteiger partial charge >= 0.3 is 0 Å². The van der Waals surface area contributed by atoms with Crippen molar-refractivity contribution in [2.75, 3.05) is 20.3 Å². The number of ether oxygens (including phenoxy) is 2. The standard InChI is InChI=1S/C24H30FNO3/c1-28-21-3-2-4-22(23(21)25)29-14-16-5-6-18-12-19(8-7-17(18)11-16)20-9-10-24(26,13-20)15-27/h2-4,7-8,12,16,20,27H,5-6,9-11,13-15,26H2,1H3/t16?,20-,24+/m0/s1. The lowest BCUT2D eigenvalue weighted by molar-refractivity contribution is 0.198. The normalized spacial score (nSPS) is 26.2. The number of aryl methyl sites for hydroxylation is 1. The first-order valence-corrected chi connectivity index (χ1v) is 10.5. The number of aliphatic hydroxyl groups is 1. The van der Waals surface area contributed by atoms with E-state index in [4.69, 9.17) is 15.2 Å². The predicted octanol–water partition coefficient (Wildman–Crippen LogP) is 3.98. The molecule has 0 saturated heterocycles. The maximum absolute atomic E-state index is 14.3. The van der Waals surface area contributed by atoms with Gasteiger partial charge in [0.15, 0.2) is 11.5 Å². The van der Waals surface area contributed by atoms with Crippen molar-refractivity contribution in [3.63, 3.8) is 0 Å². The minimum absolute atomic E-state index is 0.0595. The molecule has 2 aromatic carbocycles. The van der Waals surface area contributed by atoms with Crippen LogP contribution >= 0.6 is 0 Å². The summed E-state index contributed by atoms with van der Waals surface area (Å²) < 4.78 is 25.1. The largest absolute Gasteiger partial charge is 0.494 e. The van der Waals surface area contributed by atoms with Crippen LogP contribution in [0.1, 0.15) is 48.3 Å². The predicted molar refractivity (Wildman–Crippen MR) is 111 cm³/mol. The smallest absolute Gasteiger partial charge is 0.206 e. The zero-order valence-electron chi connectivity index (χ0n) is 17.0. The molecule has 1 saturated carbocycles. The van der Waals surface area contributed by atoms with Crippen molar-refractivity contribution >= 4 is 0 Å². The molecule has 3 N–H and O–H groups in total. The topological polar surface area (TPSA) is 64.7 Å². The maximum atomic E-state index is 14.3. The van der Waals surface area contributed by atoms with Gasteiger partial charge in [-0.3, -0.25) is 0 Å². The second kappa shape index (κ2) is 8.33. The van der Waals surface area contributed by atoms with Gasteiger partial charge in [0, 0.05) is 5.54 Å². The van der Waals surface area contributed by atoms with Crippen LogP contribution in [-0.2, 0) is 12.8 Å². The Morgan fingerprint density at radius 2 is 2.00 bits per heavy atom. The van der Waals surface area contributed by atoms with Gasteiger partial charge < -0.3 is 20.3 Å². The van der Waals surface area contributed by atoms with Crippen molar-refractivity contribution < 1.29 is 19.0 Å². The van der Waals surface area contributed by atoms with Gasteiger partial charge in [0.2, 0.25) is 5.82 Å².